The molecule has 2 aromatic heterocycles. The molecule has 0 saturated heterocycles. The Morgan fingerprint density at radius 3 is 2.55 bits per heavy atom. The summed E-state index contributed by atoms with van der Waals surface area (Å²) in [5.74, 6) is 0. The summed E-state index contributed by atoms with van der Waals surface area (Å²) >= 11 is 12.2. The van der Waals surface area contributed by atoms with E-state index in [1.807, 2.05) is 32.1 Å². The quantitative estimate of drug-likeness (QED) is 0.736. The topological polar surface area (TPSA) is 37.5 Å². The van der Waals surface area contributed by atoms with Crippen LogP contribution in [0, 0.1) is 0 Å². The molecule has 0 aliphatic rings. The van der Waals surface area contributed by atoms with Crippen LogP contribution < -0.4 is 5.46 Å². The Bertz CT molecular complexity index is 784. The molecular formula is C14H11BCl2N2O. The molecule has 3 aromatic rings. The molecule has 1 N–H and O–H groups in total. The van der Waals surface area contributed by atoms with Crippen LogP contribution in [0.3, 0.4) is 0 Å². The van der Waals surface area contributed by atoms with Gasteiger partial charge in [0.2, 0.25) is 0 Å². The Morgan fingerprint density at radius 1 is 1.20 bits per heavy atom. The number of aliphatic hydroxyl groups excluding tert-OH is 1. The monoisotopic (exact) mass is 304 g/mol. The van der Waals surface area contributed by atoms with Crippen molar-refractivity contribution in [1.82, 2.24) is 9.38 Å². The number of aliphatic hydroxyl groups is 1. The highest BCUT2D eigenvalue weighted by atomic mass is 35.5. The van der Waals surface area contributed by atoms with Gasteiger partial charge in [-0.1, -0.05) is 52.9 Å². The van der Waals surface area contributed by atoms with Gasteiger partial charge in [0.15, 0.2) is 5.65 Å². The van der Waals surface area contributed by atoms with E-state index in [2.05, 4.69) is 4.98 Å². The second kappa shape index (κ2) is 5.13. The van der Waals surface area contributed by atoms with Crippen molar-refractivity contribution in [1.29, 1.82) is 0 Å². The maximum atomic E-state index is 9.66. The van der Waals surface area contributed by atoms with E-state index in [1.54, 1.807) is 16.7 Å². The number of rotatable bonds is 2. The molecule has 0 atom stereocenters. The molecule has 0 aliphatic heterocycles. The molecule has 0 radical (unpaired) electrons. The molecule has 3 nitrogen and oxygen atoms in total. The molecule has 1 aromatic carbocycles. The first-order valence-electron chi connectivity index (χ1n) is 6.14. The molecule has 0 amide bonds. The molecule has 0 fully saturated rings. The van der Waals surface area contributed by atoms with Gasteiger partial charge in [0, 0.05) is 11.8 Å². The van der Waals surface area contributed by atoms with Crippen molar-refractivity contribution in [3.05, 3.63) is 52.3 Å². The average molecular weight is 305 g/mol. The Labute approximate surface area is 127 Å². The lowest BCUT2D eigenvalue weighted by Gasteiger charge is -2.03. The highest BCUT2D eigenvalue weighted by Crippen LogP contribution is 2.29. The maximum absolute atomic E-state index is 9.66. The van der Waals surface area contributed by atoms with Gasteiger partial charge in [0.05, 0.1) is 28.0 Å². The fraction of sp³-hybridized carbons (Fsp3) is 0.0714. The summed E-state index contributed by atoms with van der Waals surface area (Å²) in [5.41, 5.74) is 4.10. The predicted octanol–water partition coefficient (Wildman–Crippen LogP) is 2.06. The van der Waals surface area contributed by atoms with E-state index < -0.39 is 0 Å². The maximum Gasteiger partial charge on any atom is 0.156 e. The second-order valence-corrected chi connectivity index (χ2v) is 5.47. The molecule has 0 saturated carbocycles. The van der Waals surface area contributed by atoms with Gasteiger partial charge in [-0.15, -0.1) is 0 Å². The van der Waals surface area contributed by atoms with E-state index in [9.17, 15) is 5.11 Å². The summed E-state index contributed by atoms with van der Waals surface area (Å²) in [5, 5.41) is 10.6. The van der Waals surface area contributed by atoms with Crippen molar-refractivity contribution in [2.24, 2.45) is 0 Å². The minimum absolute atomic E-state index is 0.138. The third kappa shape index (κ3) is 2.20. The minimum Gasteiger partial charge on any atom is -0.390 e. The molecule has 100 valence electrons. The summed E-state index contributed by atoms with van der Waals surface area (Å²) in [6.07, 6.45) is 1.71. The van der Waals surface area contributed by atoms with Crippen LogP contribution in [0.5, 0.6) is 0 Å². The van der Waals surface area contributed by atoms with Crippen LogP contribution in [0.1, 0.15) is 5.69 Å². The predicted molar refractivity (Wildman–Crippen MR) is 84.7 cm³/mol. The van der Waals surface area contributed by atoms with Gasteiger partial charge >= 0.3 is 0 Å². The van der Waals surface area contributed by atoms with Gasteiger partial charge < -0.3 is 5.11 Å². The molecular weight excluding hydrogens is 294 g/mol. The molecule has 2 heterocycles. The van der Waals surface area contributed by atoms with Gasteiger partial charge in [0.25, 0.3) is 0 Å². The lowest BCUT2D eigenvalue weighted by molar-refractivity contribution is 0.276. The lowest BCUT2D eigenvalue weighted by atomic mass is 9.94. The highest BCUT2D eigenvalue weighted by molar-refractivity contribution is 6.36. The lowest BCUT2D eigenvalue weighted by Crippen LogP contribution is -2.00. The minimum atomic E-state index is -0.138. The van der Waals surface area contributed by atoms with Crippen LogP contribution in [-0.2, 0) is 6.61 Å². The van der Waals surface area contributed by atoms with E-state index in [1.165, 1.54) is 5.46 Å². The normalized spacial score (nSPS) is 11.2. The van der Waals surface area contributed by atoms with E-state index in [-0.39, 0.29) is 6.61 Å². The highest BCUT2D eigenvalue weighted by Gasteiger charge is 2.15. The third-order valence-electron chi connectivity index (χ3n) is 3.22. The van der Waals surface area contributed by atoms with E-state index in [0.717, 1.165) is 11.3 Å². The molecule has 0 bridgehead atoms. The zero-order valence-corrected chi connectivity index (χ0v) is 12.3. The summed E-state index contributed by atoms with van der Waals surface area (Å²) in [7, 11) is 2.02. The first-order valence-corrected chi connectivity index (χ1v) is 6.89. The SMILES string of the molecule is Bc1ccc(-c2nc3c(Cl)cc(Cl)cn3c2CO)cc1. The van der Waals surface area contributed by atoms with Crippen LogP contribution in [0.4, 0.5) is 0 Å². The zero-order chi connectivity index (χ0) is 14.3. The van der Waals surface area contributed by atoms with Crippen molar-refractivity contribution in [2.75, 3.05) is 0 Å². The van der Waals surface area contributed by atoms with E-state index >= 15 is 0 Å². The first kappa shape index (κ1) is 13.5. The summed E-state index contributed by atoms with van der Waals surface area (Å²) in [6.45, 7) is -0.138. The summed E-state index contributed by atoms with van der Waals surface area (Å²) in [6, 6.07) is 9.62. The summed E-state index contributed by atoms with van der Waals surface area (Å²) < 4.78 is 1.74. The first-order chi connectivity index (χ1) is 9.60. The van der Waals surface area contributed by atoms with Gasteiger partial charge in [-0.2, -0.15) is 0 Å². The number of hydrogen-bond donors (Lipinski definition) is 1. The number of aromatic nitrogens is 2. The van der Waals surface area contributed by atoms with Crippen LogP contribution in [0.15, 0.2) is 36.5 Å². The number of fused-ring (bicyclic) bond motifs is 1. The number of pyridine rings is 1. The van der Waals surface area contributed by atoms with E-state index in [4.69, 9.17) is 23.2 Å². The number of halogens is 2. The molecule has 0 unspecified atom stereocenters. The Balaban J connectivity index is 2.30. The number of benzene rings is 1. The average Bonchev–Trinajstić information content (AvgIpc) is 2.78. The number of nitrogens with zero attached hydrogens (tertiary/aromatic N) is 2. The van der Waals surface area contributed by atoms with Gasteiger partial charge in [-0.25, -0.2) is 4.98 Å². The van der Waals surface area contributed by atoms with Crippen LogP contribution in [-0.4, -0.2) is 22.3 Å². The standard InChI is InChI=1S/C14H11BCl2N2O/c15-9-3-1-8(2-4-9)13-12(7-20)19-6-10(16)5-11(17)14(19)18-13/h1-6,20H,7,15H2. The third-order valence-corrected chi connectivity index (χ3v) is 3.70. The largest absolute Gasteiger partial charge is 0.390 e. The van der Waals surface area contributed by atoms with Gasteiger partial charge in [-0.05, 0) is 6.07 Å². The van der Waals surface area contributed by atoms with E-state index in [0.29, 0.717) is 21.4 Å². The Hall–Kier alpha value is -1.49. The Kier molecular flexibility index (Phi) is 3.46. The Morgan fingerprint density at radius 2 is 1.90 bits per heavy atom. The van der Waals surface area contributed by atoms with Crippen LogP contribution >= 0.6 is 23.2 Å². The molecule has 20 heavy (non-hydrogen) atoms. The smallest absolute Gasteiger partial charge is 0.156 e. The molecule has 6 heteroatoms. The number of imidazole rings is 1. The summed E-state index contributed by atoms with van der Waals surface area (Å²) in [4.78, 5) is 4.54. The fourth-order valence-corrected chi connectivity index (χ4v) is 2.73. The van der Waals surface area contributed by atoms with Crippen molar-refractivity contribution in [3.8, 4) is 11.3 Å². The fourth-order valence-electron chi connectivity index (χ4n) is 2.21. The second-order valence-electron chi connectivity index (χ2n) is 4.63. The number of hydrogen-bond acceptors (Lipinski definition) is 2. The van der Waals surface area contributed by atoms with Crippen molar-refractivity contribution in [2.45, 2.75) is 6.61 Å². The molecule has 0 aliphatic carbocycles. The van der Waals surface area contributed by atoms with Gasteiger partial charge in [-0.3, -0.25) is 4.40 Å². The molecule has 3 rings (SSSR count). The van der Waals surface area contributed by atoms with Crippen LogP contribution in [0.2, 0.25) is 10.0 Å². The van der Waals surface area contributed by atoms with Crippen molar-refractivity contribution >= 4 is 42.2 Å². The molecule has 0 spiro atoms. The van der Waals surface area contributed by atoms with Crippen LogP contribution in [0.25, 0.3) is 16.9 Å². The van der Waals surface area contributed by atoms with Crippen molar-refractivity contribution < 1.29 is 5.11 Å². The zero-order valence-electron chi connectivity index (χ0n) is 10.8. The van der Waals surface area contributed by atoms with Gasteiger partial charge in [0.1, 0.15) is 7.85 Å². The van der Waals surface area contributed by atoms with Crippen molar-refractivity contribution in [3.63, 3.8) is 0 Å².